The molecule has 2 N–H and O–H groups in total. The first-order valence-electron chi connectivity index (χ1n) is 6.90. The van der Waals surface area contributed by atoms with Crippen LogP contribution < -0.4 is 10.6 Å². The zero-order valence-electron chi connectivity index (χ0n) is 12.2. The normalized spacial score (nSPS) is 12.0. The second-order valence-electron chi connectivity index (χ2n) is 5.03. The number of nitrogens with one attached hydrogen (secondary N) is 2. The van der Waals surface area contributed by atoms with E-state index in [0.29, 0.717) is 0 Å². The molecular formula is C17H19BrN2O. The highest BCUT2D eigenvalue weighted by molar-refractivity contribution is 9.10. The van der Waals surface area contributed by atoms with Crippen molar-refractivity contribution in [2.45, 2.75) is 19.9 Å². The van der Waals surface area contributed by atoms with Crippen LogP contribution in [0.4, 0.5) is 5.69 Å². The van der Waals surface area contributed by atoms with Gasteiger partial charge in [0.2, 0.25) is 5.91 Å². The Balaban J connectivity index is 1.86. The lowest BCUT2D eigenvalue weighted by molar-refractivity contribution is -0.115. The summed E-state index contributed by atoms with van der Waals surface area (Å²) < 4.78 is 0.992. The topological polar surface area (TPSA) is 41.1 Å². The first-order valence-corrected chi connectivity index (χ1v) is 7.70. The van der Waals surface area contributed by atoms with Crippen molar-refractivity contribution in [3.8, 4) is 0 Å². The summed E-state index contributed by atoms with van der Waals surface area (Å²) >= 11 is 3.46. The lowest BCUT2D eigenvalue weighted by atomic mass is 10.1. The Morgan fingerprint density at radius 1 is 1.19 bits per heavy atom. The van der Waals surface area contributed by atoms with Crippen molar-refractivity contribution in [1.82, 2.24) is 5.32 Å². The molecule has 1 amide bonds. The fourth-order valence-corrected chi connectivity index (χ4v) is 2.36. The Hall–Kier alpha value is -1.65. The number of amides is 1. The minimum absolute atomic E-state index is 0.0477. The SMILES string of the molecule is Cc1ccc(NC(=O)CNC(C)c2ccccc2)cc1Br. The summed E-state index contributed by atoms with van der Waals surface area (Å²) in [5, 5.41) is 6.11. The van der Waals surface area contributed by atoms with Crippen LogP contribution in [0.5, 0.6) is 0 Å². The Morgan fingerprint density at radius 3 is 2.57 bits per heavy atom. The van der Waals surface area contributed by atoms with Gasteiger partial charge in [-0.3, -0.25) is 4.79 Å². The Kier molecular flexibility index (Phi) is 5.53. The predicted molar refractivity (Wildman–Crippen MR) is 90.4 cm³/mol. The van der Waals surface area contributed by atoms with Gasteiger partial charge in [-0.1, -0.05) is 52.3 Å². The second-order valence-corrected chi connectivity index (χ2v) is 5.88. The Bertz CT molecular complexity index is 613. The maximum Gasteiger partial charge on any atom is 0.238 e. The molecule has 3 nitrogen and oxygen atoms in total. The van der Waals surface area contributed by atoms with E-state index in [1.54, 1.807) is 0 Å². The van der Waals surface area contributed by atoms with E-state index in [-0.39, 0.29) is 18.5 Å². The monoisotopic (exact) mass is 346 g/mol. The molecule has 4 heteroatoms. The molecule has 0 saturated heterocycles. The third kappa shape index (κ3) is 4.69. The number of carbonyl (C=O) groups excluding carboxylic acids is 1. The number of hydrogen-bond donors (Lipinski definition) is 2. The molecule has 0 heterocycles. The van der Waals surface area contributed by atoms with E-state index >= 15 is 0 Å². The molecule has 2 rings (SSSR count). The van der Waals surface area contributed by atoms with Gasteiger partial charge in [-0.25, -0.2) is 0 Å². The maximum absolute atomic E-state index is 12.0. The van der Waals surface area contributed by atoms with Gasteiger partial charge in [0.1, 0.15) is 0 Å². The van der Waals surface area contributed by atoms with Crippen LogP contribution in [-0.4, -0.2) is 12.5 Å². The lowest BCUT2D eigenvalue weighted by Gasteiger charge is -2.14. The van der Waals surface area contributed by atoms with E-state index in [4.69, 9.17) is 0 Å². The molecular weight excluding hydrogens is 328 g/mol. The molecule has 21 heavy (non-hydrogen) atoms. The average Bonchev–Trinajstić information content (AvgIpc) is 2.49. The van der Waals surface area contributed by atoms with Crippen LogP contribution in [-0.2, 0) is 4.79 Å². The van der Waals surface area contributed by atoms with Crippen molar-refractivity contribution in [1.29, 1.82) is 0 Å². The average molecular weight is 347 g/mol. The molecule has 0 aliphatic rings. The molecule has 0 bridgehead atoms. The van der Waals surface area contributed by atoms with Gasteiger partial charge in [0.15, 0.2) is 0 Å². The highest BCUT2D eigenvalue weighted by Crippen LogP contribution is 2.20. The molecule has 1 unspecified atom stereocenters. The van der Waals surface area contributed by atoms with Gasteiger partial charge < -0.3 is 10.6 Å². The van der Waals surface area contributed by atoms with Crippen molar-refractivity contribution in [2.24, 2.45) is 0 Å². The number of anilines is 1. The fourth-order valence-electron chi connectivity index (χ4n) is 1.98. The lowest BCUT2D eigenvalue weighted by Crippen LogP contribution is -2.30. The van der Waals surface area contributed by atoms with E-state index in [1.807, 2.05) is 62.4 Å². The van der Waals surface area contributed by atoms with Gasteiger partial charge >= 0.3 is 0 Å². The molecule has 110 valence electrons. The van der Waals surface area contributed by atoms with Crippen molar-refractivity contribution >= 4 is 27.5 Å². The van der Waals surface area contributed by atoms with Crippen LogP contribution >= 0.6 is 15.9 Å². The van der Waals surface area contributed by atoms with Crippen LogP contribution in [0.2, 0.25) is 0 Å². The van der Waals surface area contributed by atoms with Gasteiger partial charge in [-0.05, 0) is 37.1 Å². The van der Waals surface area contributed by atoms with Gasteiger partial charge in [0.25, 0.3) is 0 Å². The maximum atomic E-state index is 12.0. The molecule has 1 atom stereocenters. The van der Waals surface area contributed by atoms with Crippen LogP contribution in [0.1, 0.15) is 24.1 Å². The molecule has 2 aromatic rings. The van der Waals surface area contributed by atoms with Crippen LogP contribution in [0.3, 0.4) is 0 Å². The summed E-state index contributed by atoms with van der Waals surface area (Å²) in [6.07, 6.45) is 0. The highest BCUT2D eigenvalue weighted by atomic mass is 79.9. The number of aryl methyl sites for hydroxylation is 1. The molecule has 0 aliphatic heterocycles. The van der Waals surface area contributed by atoms with Gasteiger partial charge in [-0.15, -0.1) is 0 Å². The molecule has 0 aromatic heterocycles. The Morgan fingerprint density at radius 2 is 1.90 bits per heavy atom. The minimum atomic E-state index is -0.0477. The number of halogens is 1. The zero-order valence-corrected chi connectivity index (χ0v) is 13.8. The van der Waals surface area contributed by atoms with Crippen LogP contribution in [0.15, 0.2) is 53.0 Å². The van der Waals surface area contributed by atoms with Crippen molar-refractivity contribution in [2.75, 3.05) is 11.9 Å². The second kappa shape index (κ2) is 7.38. The summed E-state index contributed by atoms with van der Waals surface area (Å²) in [4.78, 5) is 12.0. The summed E-state index contributed by atoms with van der Waals surface area (Å²) in [5.74, 6) is -0.0477. The zero-order chi connectivity index (χ0) is 15.2. The molecule has 2 aromatic carbocycles. The summed E-state index contributed by atoms with van der Waals surface area (Å²) in [6, 6.07) is 16.0. The third-order valence-corrected chi connectivity index (χ3v) is 4.18. The fraction of sp³-hybridized carbons (Fsp3) is 0.235. The number of rotatable bonds is 5. The summed E-state index contributed by atoms with van der Waals surface area (Å²) in [7, 11) is 0. The Labute approximate surface area is 133 Å². The number of hydrogen-bond acceptors (Lipinski definition) is 2. The quantitative estimate of drug-likeness (QED) is 0.857. The van der Waals surface area contributed by atoms with Crippen LogP contribution in [0, 0.1) is 6.92 Å². The van der Waals surface area contributed by atoms with Crippen LogP contribution in [0.25, 0.3) is 0 Å². The standard InChI is InChI=1S/C17H19BrN2O/c1-12-8-9-15(10-16(12)18)20-17(21)11-19-13(2)14-6-4-3-5-7-14/h3-10,13,19H,11H2,1-2H3,(H,20,21). The molecule has 0 spiro atoms. The third-order valence-electron chi connectivity index (χ3n) is 3.32. The number of carbonyl (C=O) groups is 1. The van der Waals surface area contributed by atoms with E-state index in [1.165, 1.54) is 5.56 Å². The first-order chi connectivity index (χ1) is 10.1. The summed E-state index contributed by atoms with van der Waals surface area (Å²) in [6.45, 7) is 4.34. The van der Waals surface area contributed by atoms with Gasteiger partial charge in [0, 0.05) is 16.2 Å². The van der Waals surface area contributed by atoms with Gasteiger partial charge in [-0.2, -0.15) is 0 Å². The van der Waals surface area contributed by atoms with Crippen molar-refractivity contribution in [3.05, 3.63) is 64.1 Å². The van der Waals surface area contributed by atoms with E-state index in [9.17, 15) is 4.79 Å². The van der Waals surface area contributed by atoms with E-state index in [0.717, 1.165) is 15.7 Å². The number of benzene rings is 2. The van der Waals surface area contributed by atoms with E-state index in [2.05, 4.69) is 26.6 Å². The molecule has 0 radical (unpaired) electrons. The molecule has 0 fully saturated rings. The van der Waals surface area contributed by atoms with E-state index < -0.39 is 0 Å². The van der Waals surface area contributed by atoms with Gasteiger partial charge in [0.05, 0.1) is 6.54 Å². The highest BCUT2D eigenvalue weighted by Gasteiger charge is 2.08. The smallest absolute Gasteiger partial charge is 0.238 e. The summed E-state index contributed by atoms with van der Waals surface area (Å²) in [5.41, 5.74) is 3.11. The van der Waals surface area contributed by atoms with Crippen molar-refractivity contribution in [3.63, 3.8) is 0 Å². The predicted octanol–water partition coefficient (Wildman–Crippen LogP) is 4.05. The minimum Gasteiger partial charge on any atom is -0.325 e. The largest absolute Gasteiger partial charge is 0.325 e. The molecule has 0 saturated carbocycles. The first kappa shape index (κ1) is 15.7. The van der Waals surface area contributed by atoms with Crippen molar-refractivity contribution < 1.29 is 4.79 Å². The molecule has 0 aliphatic carbocycles.